The van der Waals surface area contributed by atoms with E-state index in [0.717, 1.165) is 0 Å². The van der Waals surface area contributed by atoms with Gasteiger partial charge in [0.25, 0.3) is 0 Å². The van der Waals surface area contributed by atoms with Gasteiger partial charge in [-0.05, 0) is 24.7 Å². The van der Waals surface area contributed by atoms with Crippen molar-refractivity contribution < 1.29 is 13.9 Å². The van der Waals surface area contributed by atoms with Gasteiger partial charge >= 0.3 is 0 Å². The minimum absolute atomic E-state index is 0.126. The van der Waals surface area contributed by atoms with Gasteiger partial charge in [-0.3, -0.25) is 4.79 Å². The molecule has 1 aromatic carbocycles. The Hall–Kier alpha value is -1.42. The van der Waals surface area contributed by atoms with E-state index >= 15 is 0 Å². The van der Waals surface area contributed by atoms with Crippen molar-refractivity contribution >= 4 is 5.78 Å². The van der Waals surface area contributed by atoms with Crippen LogP contribution in [-0.2, 0) is 0 Å². The van der Waals surface area contributed by atoms with Crippen LogP contribution in [0.25, 0.3) is 0 Å². The number of nitrogens with one attached hydrogen (secondary N) is 1. The molecule has 0 aliphatic carbocycles. The summed E-state index contributed by atoms with van der Waals surface area (Å²) in [4.78, 5) is 11.5. The maximum atomic E-state index is 13.2. The summed E-state index contributed by atoms with van der Waals surface area (Å²) in [7, 11) is 1.39. The first-order valence-corrected chi connectivity index (χ1v) is 4.76. The van der Waals surface area contributed by atoms with Gasteiger partial charge in [0.2, 0.25) is 0 Å². The Morgan fingerprint density at radius 1 is 1.53 bits per heavy atom. The molecule has 0 spiro atoms. The number of ether oxygens (including phenoxy) is 1. The van der Waals surface area contributed by atoms with E-state index in [-0.39, 0.29) is 18.1 Å². The Bertz CT molecular complexity index is 352. The Morgan fingerprint density at radius 3 is 2.80 bits per heavy atom. The molecule has 0 saturated carbocycles. The highest BCUT2D eigenvalue weighted by Crippen LogP contribution is 2.17. The summed E-state index contributed by atoms with van der Waals surface area (Å²) < 4.78 is 18.0. The normalized spacial score (nSPS) is 10.1. The average molecular weight is 211 g/mol. The maximum Gasteiger partial charge on any atom is 0.176 e. The van der Waals surface area contributed by atoms with Gasteiger partial charge in [-0.25, -0.2) is 4.39 Å². The third kappa shape index (κ3) is 3.02. The molecule has 1 aromatic rings. The van der Waals surface area contributed by atoms with E-state index in [4.69, 9.17) is 4.74 Å². The van der Waals surface area contributed by atoms with Gasteiger partial charge in [-0.2, -0.15) is 0 Å². The number of hydrogen-bond acceptors (Lipinski definition) is 3. The second-order valence-corrected chi connectivity index (χ2v) is 3.05. The number of benzene rings is 1. The summed E-state index contributed by atoms with van der Waals surface area (Å²) in [6.07, 6.45) is 0. The average Bonchev–Trinajstić information content (AvgIpc) is 2.25. The first kappa shape index (κ1) is 11.7. The Labute approximate surface area is 88.2 Å². The van der Waals surface area contributed by atoms with Crippen LogP contribution in [-0.4, -0.2) is 26.0 Å². The molecule has 0 aliphatic heterocycles. The lowest BCUT2D eigenvalue weighted by molar-refractivity contribution is 0.0991. The van der Waals surface area contributed by atoms with E-state index < -0.39 is 5.82 Å². The zero-order valence-electron chi connectivity index (χ0n) is 8.84. The van der Waals surface area contributed by atoms with Crippen LogP contribution in [0, 0.1) is 5.82 Å². The van der Waals surface area contributed by atoms with Gasteiger partial charge in [-0.15, -0.1) is 0 Å². The number of methoxy groups -OCH3 is 1. The van der Waals surface area contributed by atoms with Crippen molar-refractivity contribution in [2.45, 2.75) is 6.92 Å². The van der Waals surface area contributed by atoms with Crippen molar-refractivity contribution in [3.05, 3.63) is 29.6 Å². The van der Waals surface area contributed by atoms with E-state index in [2.05, 4.69) is 5.32 Å². The summed E-state index contributed by atoms with van der Waals surface area (Å²) >= 11 is 0. The number of rotatable bonds is 5. The number of hydrogen-bond donors (Lipinski definition) is 1. The first-order chi connectivity index (χ1) is 7.19. The summed E-state index contributed by atoms with van der Waals surface area (Å²) in [6.45, 7) is 2.84. The molecule has 0 heterocycles. The van der Waals surface area contributed by atoms with Crippen LogP contribution in [0.4, 0.5) is 4.39 Å². The van der Waals surface area contributed by atoms with Gasteiger partial charge in [0.1, 0.15) is 0 Å². The molecule has 0 amide bonds. The molecular weight excluding hydrogens is 197 g/mol. The van der Waals surface area contributed by atoms with Crippen LogP contribution < -0.4 is 10.1 Å². The largest absolute Gasteiger partial charge is 0.494 e. The monoisotopic (exact) mass is 211 g/mol. The van der Waals surface area contributed by atoms with Gasteiger partial charge in [-0.1, -0.05) is 6.92 Å². The van der Waals surface area contributed by atoms with Crippen molar-refractivity contribution in [1.29, 1.82) is 0 Å². The lowest BCUT2D eigenvalue weighted by Gasteiger charge is -2.04. The molecule has 0 saturated heterocycles. The summed E-state index contributed by atoms with van der Waals surface area (Å²) in [5.74, 6) is -0.492. The fourth-order valence-electron chi connectivity index (χ4n) is 1.18. The number of ketones is 1. The second kappa shape index (κ2) is 5.46. The molecule has 0 aromatic heterocycles. The number of likely N-dealkylation sites (N-methyl/N-ethyl adjacent to an activating group) is 1. The second-order valence-electron chi connectivity index (χ2n) is 3.05. The molecule has 82 valence electrons. The number of Topliss-reactive ketones (excluding diaryl/α,β-unsaturated/α-hetero) is 1. The highest BCUT2D eigenvalue weighted by molar-refractivity contribution is 5.97. The highest BCUT2D eigenvalue weighted by atomic mass is 19.1. The molecule has 15 heavy (non-hydrogen) atoms. The Kier molecular flexibility index (Phi) is 4.24. The third-order valence-corrected chi connectivity index (χ3v) is 2.01. The molecule has 0 radical (unpaired) electrons. The molecule has 0 fully saturated rings. The van der Waals surface area contributed by atoms with Crippen molar-refractivity contribution in [3.63, 3.8) is 0 Å². The molecule has 1 rings (SSSR count). The summed E-state index contributed by atoms with van der Waals surface area (Å²) in [5.41, 5.74) is 0.356. The van der Waals surface area contributed by atoms with E-state index in [1.54, 1.807) is 6.07 Å². The number of carbonyl (C=O) groups is 1. The lowest BCUT2D eigenvalue weighted by Crippen LogP contribution is -2.22. The fraction of sp³-hybridized carbons (Fsp3) is 0.364. The minimum Gasteiger partial charge on any atom is -0.494 e. The SMILES string of the molecule is CCNCC(=O)c1ccc(OC)c(F)c1. The van der Waals surface area contributed by atoms with Crippen LogP contribution in [0.5, 0.6) is 5.75 Å². The standard InChI is InChI=1S/C11H14FNO2/c1-3-13-7-10(14)8-4-5-11(15-2)9(12)6-8/h4-6,13H,3,7H2,1-2H3. The van der Waals surface area contributed by atoms with Gasteiger partial charge in [0.05, 0.1) is 13.7 Å². The van der Waals surface area contributed by atoms with E-state index in [1.165, 1.54) is 19.2 Å². The van der Waals surface area contributed by atoms with Crippen molar-refractivity contribution in [1.82, 2.24) is 5.32 Å². The number of halogens is 1. The molecule has 1 N–H and O–H groups in total. The van der Waals surface area contributed by atoms with Crippen LogP contribution >= 0.6 is 0 Å². The van der Waals surface area contributed by atoms with Crippen LogP contribution in [0.3, 0.4) is 0 Å². The quantitative estimate of drug-likeness (QED) is 0.752. The van der Waals surface area contributed by atoms with Crippen LogP contribution in [0.1, 0.15) is 17.3 Å². The predicted molar refractivity (Wildman–Crippen MR) is 55.8 cm³/mol. The molecule has 0 unspecified atom stereocenters. The summed E-state index contributed by atoms with van der Waals surface area (Å²) in [5, 5.41) is 2.89. The lowest BCUT2D eigenvalue weighted by atomic mass is 10.1. The van der Waals surface area contributed by atoms with Crippen molar-refractivity contribution in [2.24, 2.45) is 0 Å². The van der Waals surface area contributed by atoms with E-state index in [0.29, 0.717) is 12.1 Å². The summed E-state index contributed by atoms with van der Waals surface area (Å²) in [6, 6.07) is 4.20. The van der Waals surface area contributed by atoms with Crippen LogP contribution in [0.15, 0.2) is 18.2 Å². The van der Waals surface area contributed by atoms with Gasteiger partial charge in [0.15, 0.2) is 17.3 Å². The number of carbonyl (C=O) groups excluding carboxylic acids is 1. The maximum absolute atomic E-state index is 13.2. The van der Waals surface area contributed by atoms with Crippen LogP contribution in [0.2, 0.25) is 0 Å². The van der Waals surface area contributed by atoms with Gasteiger partial charge in [0, 0.05) is 5.56 Å². The third-order valence-electron chi connectivity index (χ3n) is 2.01. The zero-order chi connectivity index (χ0) is 11.3. The smallest absolute Gasteiger partial charge is 0.176 e. The first-order valence-electron chi connectivity index (χ1n) is 4.76. The van der Waals surface area contributed by atoms with E-state index in [9.17, 15) is 9.18 Å². The molecule has 0 atom stereocenters. The Balaban J connectivity index is 2.78. The topological polar surface area (TPSA) is 38.3 Å². The molecule has 4 heteroatoms. The minimum atomic E-state index is -0.514. The van der Waals surface area contributed by atoms with Crippen molar-refractivity contribution in [2.75, 3.05) is 20.2 Å². The Morgan fingerprint density at radius 2 is 2.27 bits per heavy atom. The van der Waals surface area contributed by atoms with Gasteiger partial charge < -0.3 is 10.1 Å². The molecule has 3 nitrogen and oxygen atoms in total. The zero-order valence-corrected chi connectivity index (χ0v) is 8.84. The van der Waals surface area contributed by atoms with E-state index in [1.807, 2.05) is 6.92 Å². The molecule has 0 bridgehead atoms. The predicted octanol–water partition coefficient (Wildman–Crippen LogP) is 1.63. The highest BCUT2D eigenvalue weighted by Gasteiger charge is 2.09. The molecule has 0 aliphatic rings. The van der Waals surface area contributed by atoms with Crippen molar-refractivity contribution in [3.8, 4) is 5.75 Å². The molecular formula is C11H14FNO2. The fourth-order valence-corrected chi connectivity index (χ4v) is 1.18.